The Balaban J connectivity index is 2.63. The molecule has 0 aromatic carbocycles. The van der Waals surface area contributed by atoms with Gasteiger partial charge in [0.25, 0.3) is 0 Å². The molecule has 0 aliphatic carbocycles. The van der Waals surface area contributed by atoms with Crippen LogP contribution in [-0.4, -0.2) is 33.5 Å². The van der Waals surface area contributed by atoms with Crippen molar-refractivity contribution in [1.82, 2.24) is 9.97 Å². The van der Waals surface area contributed by atoms with E-state index < -0.39 is 0 Å². The van der Waals surface area contributed by atoms with E-state index in [-0.39, 0.29) is 11.9 Å². The predicted octanol–water partition coefficient (Wildman–Crippen LogP) is 1.38. The molecule has 1 atom stereocenters. The van der Waals surface area contributed by atoms with Crippen molar-refractivity contribution in [2.24, 2.45) is 0 Å². The highest BCUT2D eigenvalue weighted by molar-refractivity contribution is 7.99. The molecule has 0 amide bonds. The molecule has 0 bridgehead atoms. The summed E-state index contributed by atoms with van der Waals surface area (Å²) in [5, 5.41) is 13.0. The van der Waals surface area contributed by atoms with E-state index in [2.05, 4.69) is 15.3 Å². The van der Waals surface area contributed by atoms with Crippen molar-refractivity contribution in [2.45, 2.75) is 24.1 Å². The number of nitrogens with zero attached hydrogens (tertiary/aromatic N) is 2. The summed E-state index contributed by atoms with van der Waals surface area (Å²) in [6, 6.07) is 1.84. The molecule has 0 saturated heterocycles. The smallest absolute Gasteiger partial charge is 0.223 e. The summed E-state index contributed by atoms with van der Waals surface area (Å²) < 4.78 is 0. The van der Waals surface area contributed by atoms with Gasteiger partial charge in [0.05, 0.1) is 6.61 Å². The second-order valence-corrected chi connectivity index (χ2v) is 4.32. The molecule has 0 spiro atoms. The zero-order valence-corrected chi connectivity index (χ0v) is 9.21. The van der Waals surface area contributed by atoms with Crippen molar-refractivity contribution in [3.05, 3.63) is 12.3 Å². The fourth-order valence-electron chi connectivity index (χ4n) is 0.894. The summed E-state index contributed by atoms with van der Waals surface area (Å²) in [6.45, 7) is 4.92. The van der Waals surface area contributed by atoms with E-state index in [1.54, 1.807) is 18.0 Å². The number of aliphatic hydroxyl groups is 1. The first-order valence-corrected chi connectivity index (χ1v) is 5.48. The Kier molecular flexibility index (Phi) is 4.69. The Bertz CT molecular complexity index is 283. The summed E-state index contributed by atoms with van der Waals surface area (Å²) in [5.41, 5.74) is 0. The highest BCUT2D eigenvalue weighted by Gasteiger charge is 2.04. The molecule has 0 radical (unpaired) electrons. The molecule has 1 heterocycles. The number of hydrogen-bond donors (Lipinski definition) is 2. The Morgan fingerprint density at radius 3 is 3.07 bits per heavy atom. The number of anilines is 1. The molecular formula is C9H15N3OS. The lowest BCUT2D eigenvalue weighted by Gasteiger charge is -2.07. The number of nitrogens with one attached hydrogen (secondary N) is 1. The molecule has 4 nitrogen and oxygen atoms in total. The molecule has 1 rings (SSSR count). The third-order valence-electron chi connectivity index (χ3n) is 1.54. The third kappa shape index (κ3) is 3.51. The van der Waals surface area contributed by atoms with Crippen LogP contribution in [0.25, 0.3) is 0 Å². The van der Waals surface area contributed by atoms with Gasteiger partial charge in [-0.05, 0) is 13.0 Å². The Morgan fingerprint density at radius 1 is 1.64 bits per heavy atom. The van der Waals surface area contributed by atoms with Gasteiger partial charge in [-0.25, -0.2) is 9.97 Å². The Labute approximate surface area is 88.2 Å². The van der Waals surface area contributed by atoms with Gasteiger partial charge >= 0.3 is 0 Å². The van der Waals surface area contributed by atoms with Crippen LogP contribution in [0, 0.1) is 0 Å². The molecule has 1 aromatic rings. The molecule has 0 aliphatic heterocycles. The minimum atomic E-state index is 0.158. The van der Waals surface area contributed by atoms with Crippen LogP contribution in [0.3, 0.4) is 0 Å². The lowest BCUT2D eigenvalue weighted by molar-refractivity contribution is 0.300. The van der Waals surface area contributed by atoms with Gasteiger partial charge in [-0.1, -0.05) is 6.92 Å². The normalized spacial score (nSPS) is 12.5. The predicted molar refractivity (Wildman–Crippen MR) is 58.6 cm³/mol. The van der Waals surface area contributed by atoms with E-state index in [0.717, 1.165) is 11.6 Å². The van der Waals surface area contributed by atoms with Gasteiger partial charge in [0, 0.05) is 18.0 Å². The number of aliphatic hydroxyl groups excluding tert-OH is 1. The van der Waals surface area contributed by atoms with Crippen LogP contribution in [0.5, 0.6) is 0 Å². The maximum Gasteiger partial charge on any atom is 0.223 e. The zero-order valence-electron chi connectivity index (χ0n) is 8.40. The van der Waals surface area contributed by atoms with E-state index in [4.69, 9.17) is 5.11 Å². The molecule has 5 heteroatoms. The Morgan fingerprint density at radius 2 is 2.43 bits per heavy atom. The summed E-state index contributed by atoms with van der Waals surface area (Å²) in [7, 11) is 0. The average Bonchev–Trinajstić information content (AvgIpc) is 2.19. The average molecular weight is 213 g/mol. The topological polar surface area (TPSA) is 58.0 Å². The zero-order chi connectivity index (χ0) is 10.4. The molecule has 78 valence electrons. The van der Waals surface area contributed by atoms with Gasteiger partial charge in [-0.3, -0.25) is 0 Å². The van der Waals surface area contributed by atoms with Crippen molar-refractivity contribution in [2.75, 3.05) is 18.5 Å². The fraction of sp³-hybridized carbons (Fsp3) is 0.556. The molecule has 1 unspecified atom stereocenters. The maximum atomic E-state index is 8.89. The second-order valence-electron chi connectivity index (χ2n) is 2.86. The van der Waals surface area contributed by atoms with Crippen LogP contribution >= 0.6 is 11.8 Å². The van der Waals surface area contributed by atoms with Crippen LogP contribution in [0.2, 0.25) is 0 Å². The second kappa shape index (κ2) is 5.82. The van der Waals surface area contributed by atoms with Crippen molar-refractivity contribution < 1.29 is 5.11 Å². The van der Waals surface area contributed by atoms with Gasteiger partial charge in [0.1, 0.15) is 5.03 Å². The summed E-state index contributed by atoms with van der Waals surface area (Å²) >= 11 is 1.54. The first kappa shape index (κ1) is 11.3. The van der Waals surface area contributed by atoms with E-state index in [1.165, 1.54) is 0 Å². The molecule has 0 aliphatic rings. The fourth-order valence-corrected chi connectivity index (χ4v) is 1.66. The number of rotatable bonds is 5. The molecule has 2 N–H and O–H groups in total. The minimum absolute atomic E-state index is 0.158. The van der Waals surface area contributed by atoms with E-state index in [0.29, 0.717) is 5.95 Å². The molecule has 1 aromatic heterocycles. The van der Waals surface area contributed by atoms with Gasteiger partial charge in [-0.15, -0.1) is 11.8 Å². The summed E-state index contributed by atoms with van der Waals surface area (Å²) in [6.07, 6.45) is 1.72. The van der Waals surface area contributed by atoms with Gasteiger partial charge in [0.2, 0.25) is 5.95 Å². The van der Waals surface area contributed by atoms with Crippen LogP contribution < -0.4 is 5.32 Å². The van der Waals surface area contributed by atoms with Crippen LogP contribution in [0.1, 0.15) is 13.8 Å². The number of hydrogen-bond acceptors (Lipinski definition) is 5. The first-order chi connectivity index (χ1) is 6.76. The van der Waals surface area contributed by atoms with Crippen molar-refractivity contribution in [3.8, 4) is 0 Å². The van der Waals surface area contributed by atoms with Crippen molar-refractivity contribution in [3.63, 3.8) is 0 Å². The highest BCUT2D eigenvalue weighted by atomic mass is 32.2. The molecule has 0 fully saturated rings. The standard InChI is InChI=1S/C9H15N3OS/c1-3-10-9-11-5-4-8(12-9)14-7(2)6-13/h4-5,7,13H,3,6H2,1-2H3,(H,10,11,12). The van der Waals surface area contributed by atoms with Gasteiger partial charge < -0.3 is 10.4 Å². The van der Waals surface area contributed by atoms with Crippen molar-refractivity contribution in [1.29, 1.82) is 0 Å². The lowest BCUT2D eigenvalue weighted by atomic mass is 10.5. The summed E-state index contributed by atoms with van der Waals surface area (Å²) in [4.78, 5) is 8.34. The van der Waals surface area contributed by atoms with Crippen molar-refractivity contribution >= 4 is 17.7 Å². The quantitative estimate of drug-likeness (QED) is 0.571. The van der Waals surface area contributed by atoms with E-state index in [9.17, 15) is 0 Å². The summed E-state index contributed by atoms with van der Waals surface area (Å²) in [5.74, 6) is 0.641. The number of aromatic nitrogens is 2. The van der Waals surface area contributed by atoms with E-state index in [1.807, 2.05) is 19.9 Å². The molecular weight excluding hydrogens is 198 g/mol. The van der Waals surface area contributed by atoms with Gasteiger partial charge in [-0.2, -0.15) is 0 Å². The van der Waals surface area contributed by atoms with Crippen LogP contribution in [-0.2, 0) is 0 Å². The van der Waals surface area contributed by atoms with Crippen LogP contribution in [0.15, 0.2) is 17.3 Å². The van der Waals surface area contributed by atoms with Crippen LogP contribution in [0.4, 0.5) is 5.95 Å². The third-order valence-corrected chi connectivity index (χ3v) is 2.56. The highest BCUT2D eigenvalue weighted by Crippen LogP contribution is 2.20. The largest absolute Gasteiger partial charge is 0.395 e. The Hall–Kier alpha value is -0.810. The minimum Gasteiger partial charge on any atom is -0.395 e. The monoisotopic (exact) mass is 213 g/mol. The maximum absolute atomic E-state index is 8.89. The number of thioether (sulfide) groups is 1. The van der Waals surface area contributed by atoms with Gasteiger partial charge in [0.15, 0.2) is 0 Å². The lowest BCUT2D eigenvalue weighted by Crippen LogP contribution is -2.05. The first-order valence-electron chi connectivity index (χ1n) is 4.60. The SMILES string of the molecule is CCNc1nccc(SC(C)CO)n1. The molecule has 14 heavy (non-hydrogen) atoms. The molecule has 0 saturated carbocycles. The van der Waals surface area contributed by atoms with E-state index >= 15 is 0 Å².